The van der Waals surface area contributed by atoms with Crippen molar-refractivity contribution in [3.05, 3.63) is 53.6 Å². The highest BCUT2D eigenvalue weighted by atomic mass is 32.2. The molecule has 140 valence electrons. The van der Waals surface area contributed by atoms with Gasteiger partial charge in [0, 0.05) is 12.1 Å². The van der Waals surface area contributed by atoms with Crippen molar-refractivity contribution in [1.29, 1.82) is 0 Å². The summed E-state index contributed by atoms with van der Waals surface area (Å²) in [6, 6.07) is 10.9. The van der Waals surface area contributed by atoms with Gasteiger partial charge in [0.1, 0.15) is 5.75 Å². The van der Waals surface area contributed by atoms with E-state index in [9.17, 15) is 18.3 Å². The fourth-order valence-electron chi connectivity index (χ4n) is 2.21. The Morgan fingerprint density at radius 1 is 1.19 bits per heavy atom. The third-order valence-corrected chi connectivity index (χ3v) is 5.04. The molecule has 8 heteroatoms. The Hall–Kier alpha value is -2.42. The second-order valence-corrected chi connectivity index (χ2v) is 7.65. The van der Waals surface area contributed by atoms with E-state index in [2.05, 4.69) is 10.0 Å². The van der Waals surface area contributed by atoms with Gasteiger partial charge in [-0.3, -0.25) is 4.79 Å². The molecule has 26 heavy (non-hydrogen) atoms. The highest BCUT2D eigenvalue weighted by molar-refractivity contribution is 7.89. The maximum Gasteiger partial charge on any atom is 0.255 e. The first-order valence-corrected chi connectivity index (χ1v) is 9.45. The van der Waals surface area contributed by atoms with Gasteiger partial charge in [-0.2, -0.15) is 0 Å². The topological polar surface area (TPSA) is 105 Å². The lowest BCUT2D eigenvalue weighted by Gasteiger charge is -2.12. The summed E-state index contributed by atoms with van der Waals surface area (Å²) in [6.07, 6.45) is -0.792. The number of amides is 1. The average Bonchev–Trinajstić information content (AvgIpc) is 2.60. The quantitative estimate of drug-likeness (QED) is 0.683. The van der Waals surface area contributed by atoms with Gasteiger partial charge in [0.15, 0.2) is 0 Å². The van der Waals surface area contributed by atoms with Gasteiger partial charge in [0.05, 0.1) is 23.8 Å². The lowest BCUT2D eigenvalue weighted by atomic mass is 10.1. The Bertz CT molecular complexity index is 877. The zero-order valence-electron chi connectivity index (χ0n) is 14.8. The predicted octanol–water partition coefficient (Wildman–Crippen LogP) is 1.92. The van der Waals surface area contributed by atoms with Gasteiger partial charge >= 0.3 is 0 Å². The zero-order valence-corrected chi connectivity index (χ0v) is 15.6. The molecule has 3 N–H and O–H groups in total. The summed E-state index contributed by atoms with van der Waals surface area (Å²) < 4.78 is 31.7. The van der Waals surface area contributed by atoms with E-state index in [1.807, 2.05) is 13.0 Å². The van der Waals surface area contributed by atoms with Crippen molar-refractivity contribution in [2.45, 2.75) is 24.8 Å². The number of anilines is 1. The SMILES string of the molecule is COc1ccc(C)cc1NC(=O)c1ccc(S(=O)(=O)NCC(C)O)cc1. The molecular weight excluding hydrogens is 356 g/mol. The van der Waals surface area contributed by atoms with Crippen molar-refractivity contribution < 1.29 is 23.1 Å². The van der Waals surface area contributed by atoms with Gasteiger partial charge in [-0.1, -0.05) is 6.07 Å². The summed E-state index contributed by atoms with van der Waals surface area (Å²) in [6.45, 7) is 3.29. The van der Waals surface area contributed by atoms with Crippen LogP contribution in [0.15, 0.2) is 47.4 Å². The Labute approximate surface area is 153 Å². The van der Waals surface area contributed by atoms with Gasteiger partial charge in [-0.25, -0.2) is 13.1 Å². The molecule has 7 nitrogen and oxygen atoms in total. The number of carbonyl (C=O) groups is 1. The van der Waals surface area contributed by atoms with Crippen molar-refractivity contribution in [2.24, 2.45) is 0 Å². The van der Waals surface area contributed by atoms with E-state index in [-0.39, 0.29) is 17.3 Å². The van der Waals surface area contributed by atoms with Gasteiger partial charge < -0.3 is 15.2 Å². The van der Waals surface area contributed by atoms with Crippen LogP contribution < -0.4 is 14.8 Å². The minimum absolute atomic E-state index is 0.0165. The number of benzene rings is 2. The summed E-state index contributed by atoms with van der Waals surface area (Å²) in [5.41, 5.74) is 1.81. The number of nitrogens with one attached hydrogen (secondary N) is 2. The summed E-state index contributed by atoms with van der Waals surface area (Å²) >= 11 is 0. The molecule has 0 heterocycles. The maximum atomic E-state index is 12.4. The molecule has 0 fully saturated rings. The number of aryl methyl sites for hydroxylation is 1. The second kappa shape index (κ2) is 8.31. The standard InChI is InChI=1S/C18H22N2O5S/c1-12-4-9-17(25-3)16(10-12)20-18(22)14-5-7-15(8-6-14)26(23,24)19-11-13(2)21/h4-10,13,19,21H,11H2,1-3H3,(H,20,22). The lowest BCUT2D eigenvalue weighted by molar-refractivity contribution is 0.102. The molecule has 0 aliphatic heterocycles. The highest BCUT2D eigenvalue weighted by Crippen LogP contribution is 2.25. The molecule has 2 aromatic rings. The van der Waals surface area contributed by atoms with Crippen LogP contribution in [0.1, 0.15) is 22.8 Å². The van der Waals surface area contributed by atoms with Gasteiger partial charge in [0.25, 0.3) is 5.91 Å². The summed E-state index contributed by atoms with van der Waals surface area (Å²) in [5, 5.41) is 11.9. The first-order valence-electron chi connectivity index (χ1n) is 7.96. The van der Waals surface area contributed by atoms with Crippen molar-refractivity contribution >= 4 is 21.6 Å². The number of sulfonamides is 1. The molecular formula is C18H22N2O5S. The average molecular weight is 378 g/mol. The summed E-state index contributed by atoms with van der Waals surface area (Å²) in [5.74, 6) is 0.153. The Balaban J connectivity index is 2.15. The molecule has 1 amide bonds. The van der Waals surface area contributed by atoms with E-state index >= 15 is 0 Å². The normalized spacial score (nSPS) is 12.5. The molecule has 0 spiro atoms. The second-order valence-electron chi connectivity index (χ2n) is 5.88. The largest absolute Gasteiger partial charge is 0.495 e. The van der Waals surface area contributed by atoms with Crippen LogP contribution in [0.25, 0.3) is 0 Å². The van der Waals surface area contributed by atoms with E-state index < -0.39 is 16.1 Å². The number of carbonyl (C=O) groups excluding carboxylic acids is 1. The van der Waals surface area contributed by atoms with Crippen LogP contribution in [0.3, 0.4) is 0 Å². The number of aliphatic hydroxyl groups is 1. The molecule has 0 saturated carbocycles. The summed E-state index contributed by atoms with van der Waals surface area (Å²) in [7, 11) is -2.22. The van der Waals surface area contributed by atoms with Crippen LogP contribution in [0.5, 0.6) is 5.75 Å². The van der Waals surface area contributed by atoms with Crippen LogP contribution >= 0.6 is 0 Å². The molecule has 0 aliphatic rings. The first kappa shape index (κ1) is 19.9. The molecule has 0 bridgehead atoms. The Morgan fingerprint density at radius 2 is 1.85 bits per heavy atom. The minimum atomic E-state index is -3.73. The lowest BCUT2D eigenvalue weighted by Crippen LogP contribution is -2.30. The van der Waals surface area contributed by atoms with Crippen molar-refractivity contribution in [3.63, 3.8) is 0 Å². The predicted molar refractivity (Wildman–Crippen MR) is 99.0 cm³/mol. The van der Waals surface area contributed by atoms with Crippen LogP contribution in [-0.4, -0.2) is 39.2 Å². The highest BCUT2D eigenvalue weighted by Gasteiger charge is 2.16. The minimum Gasteiger partial charge on any atom is -0.495 e. The molecule has 0 radical (unpaired) electrons. The number of hydrogen-bond donors (Lipinski definition) is 3. The molecule has 0 saturated heterocycles. The zero-order chi connectivity index (χ0) is 19.3. The molecule has 2 rings (SSSR count). The first-order chi connectivity index (χ1) is 12.2. The number of ether oxygens (including phenoxy) is 1. The van der Waals surface area contributed by atoms with E-state index in [1.165, 1.54) is 38.3 Å². The van der Waals surface area contributed by atoms with Crippen LogP contribution in [0.2, 0.25) is 0 Å². The van der Waals surface area contributed by atoms with Crippen molar-refractivity contribution in [3.8, 4) is 5.75 Å². The molecule has 0 aliphatic carbocycles. The Kier molecular flexibility index (Phi) is 6.36. The number of methoxy groups -OCH3 is 1. The number of aliphatic hydroxyl groups excluding tert-OH is 1. The fraction of sp³-hybridized carbons (Fsp3) is 0.278. The summed E-state index contributed by atoms with van der Waals surface area (Å²) in [4.78, 5) is 12.4. The smallest absolute Gasteiger partial charge is 0.255 e. The third-order valence-electron chi connectivity index (χ3n) is 3.60. The molecule has 1 atom stereocenters. The monoisotopic (exact) mass is 378 g/mol. The van der Waals surface area contributed by atoms with E-state index in [0.717, 1.165) is 5.56 Å². The number of rotatable bonds is 7. The van der Waals surface area contributed by atoms with Crippen molar-refractivity contribution in [1.82, 2.24) is 4.72 Å². The fourth-order valence-corrected chi connectivity index (χ4v) is 3.33. The van der Waals surface area contributed by atoms with Gasteiger partial charge in [-0.15, -0.1) is 0 Å². The van der Waals surface area contributed by atoms with Crippen LogP contribution in [0.4, 0.5) is 5.69 Å². The number of hydrogen-bond acceptors (Lipinski definition) is 5. The van der Waals surface area contributed by atoms with Crippen molar-refractivity contribution in [2.75, 3.05) is 19.0 Å². The molecule has 0 aromatic heterocycles. The molecule has 1 unspecified atom stereocenters. The van der Waals surface area contributed by atoms with Crippen LogP contribution in [0, 0.1) is 6.92 Å². The Morgan fingerprint density at radius 3 is 2.42 bits per heavy atom. The third kappa shape index (κ3) is 5.04. The van der Waals surface area contributed by atoms with Crippen LogP contribution in [-0.2, 0) is 10.0 Å². The van der Waals surface area contributed by atoms with E-state index in [4.69, 9.17) is 4.74 Å². The van der Waals surface area contributed by atoms with E-state index in [1.54, 1.807) is 12.1 Å². The molecule has 2 aromatic carbocycles. The van der Waals surface area contributed by atoms with Gasteiger partial charge in [-0.05, 0) is 55.8 Å². The van der Waals surface area contributed by atoms with E-state index in [0.29, 0.717) is 17.0 Å². The van der Waals surface area contributed by atoms with Gasteiger partial charge in [0.2, 0.25) is 10.0 Å². The maximum absolute atomic E-state index is 12.4.